The van der Waals surface area contributed by atoms with Crippen LogP contribution in [-0.4, -0.2) is 29.9 Å². The van der Waals surface area contributed by atoms with Gasteiger partial charge in [0.15, 0.2) is 5.11 Å². The molecular formula is C19H20BrCl2N3OS. The van der Waals surface area contributed by atoms with Gasteiger partial charge in [0.05, 0.1) is 9.50 Å². The first-order chi connectivity index (χ1) is 12.9. The van der Waals surface area contributed by atoms with Gasteiger partial charge in [0.1, 0.15) is 5.82 Å². The standard InChI is InChI=1S/C19H20BrCl2N3OS/c1-12-15(22)10-23-17(16(12)20)25-18(27)24-11-19(5-7-26-8-6-19)13-3-2-4-14(21)9-13/h2-4,9-10H,5-8,11H2,1H3,(H2,23,24,25,27). The summed E-state index contributed by atoms with van der Waals surface area (Å²) in [5.74, 6) is 0.637. The van der Waals surface area contributed by atoms with Gasteiger partial charge in [-0.1, -0.05) is 35.3 Å². The van der Waals surface area contributed by atoms with Gasteiger partial charge >= 0.3 is 0 Å². The fourth-order valence-electron chi connectivity index (χ4n) is 3.19. The van der Waals surface area contributed by atoms with E-state index in [4.69, 9.17) is 40.2 Å². The molecule has 144 valence electrons. The molecule has 8 heteroatoms. The molecule has 0 spiro atoms. The van der Waals surface area contributed by atoms with Crippen molar-refractivity contribution in [3.05, 3.63) is 56.1 Å². The highest BCUT2D eigenvalue weighted by molar-refractivity contribution is 9.10. The van der Waals surface area contributed by atoms with Crippen LogP contribution >= 0.6 is 51.3 Å². The maximum absolute atomic E-state index is 6.23. The molecule has 0 radical (unpaired) electrons. The minimum atomic E-state index is -0.0739. The first-order valence-electron chi connectivity index (χ1n) is 8.60. The summed E-state index contributed by atoms with van der Waals surface area (Å²) < 4.78 is 6.38. The molecule has 1 saturated heterocycles. The van der Waals surface area contributed by atoms with Gasteiger partial charge in [-0.15, -0.1) is 0 Å². The summed E-state index contributed by atoms with van der Waals surface area (Å²) in [6.07, 6.45) is 3.43. The van der Waals surface area contributed by atoms with Crippen LogP contribution < -0.4 is 10.6 Å². The van der Waals surface area contributed by atoms with Crippen molar-refractivity contribution in [2.75, 3.05) is 25.1 Å². The van der Waals surface area contributed by atoms with Gasteiger partial charge in [-0.05, 0) is 71.2 Å². The smallest absolute Gasteiger partial charge is 0.172 e. The topological polar surface area (TPSA) is 46.2 Å². The lowest BCUT2D eigenvalue weighted by Gasteiger charge is -2.38. The fraction of sp³-hybridized carbons (Fsp3) is 0.368. The highest BCUT2D eigenvalue weighted by atomic mass is 79.9. The number of ether oxygens (including phenoxy) is 1. The van der Waals surface area contributed by atoms with Crippen molar-refractivity contribution < 1.29 is 4.74 Å². The fourth-order valence-corrected chi connectivity index (χ4v) is 4.23. The third-order valence-corrected chi connectivity index (χ3v) is 6.74. The molecule has 1 aliphatic rings. The number of hydrogen-bond acceptors (Lipinski definition) is 3. The Kier molecular flexibility index (Phi) is 6.98. The lowest BCUT2D eigenvalue weighted by atomic mass is 9.74. The number of rotatable bonds is 4. The van der Waals surface area contributed by atoms with Gasteiger partial charge in [-0.3, -0.25) is 0 Å². The van der Waals surface area contributed by atoms with E-state index in [-0.39, 0.29) is 5.41 Å². The van der Waals surface area contributed by atoms with Gasteiger partial charge in [0, 0.05) is 36.4 Å². The molecule has 0 amide bonds. The maximum Gasteiger partial charge on any atom is 0.172 e. The monoisotopic (exact) mass is 487 g/mol. The Balaban J connectivity index is 1.72. The van der Waals surface area contributed by atoms with Crippen LogP contribution in [0.2, 0.25) is 10.0 Å². The number of benzene rings is 1. The summed E-state index contributed by atoms with van der Waals surface area (Å²) in [6.45, 7) is 4.05. The quantitative estimate of drug-likeness (QED) is 0.557. The summed E-state index contributed by atoms with van der Waals surface area (Å²) in [7, 11) is 0. The van der Waals surface area contributed by atoms with Gasteiger partial charge in [0.25, 0.3) is 0 Å². The number of pyridine rings is 1. The zero-order valence-corrected chi connectivity index (χ0v) is 18.7. The molecule has 1 aromatic heterocycles. The van der Waals surface area contributed by atoms with Crippen molar-refractivity contribution in [3.63, 3.8) is 0 Å². The molecule has 27 heavy (non-hydrogen) atoms. The van der Waals surface area contributed by atoms with Crippen molar-refractivity contribution >= 4 is 62.3 Å². The van der Waals surface area contributed by atoms with Crippen molar-refractivity contribution in [1.82, 2.24) is 10.3 Å². The van der Waals surface area contributed by atoms with Crippen LogP contribution in [0.4, 0.5) is 5.82 Å². The van der Waals surface area contributed by atoms with E-state index < -0.39 is 0 Å². The van der Waals surface area contributed by atoms with E-state index in [1.165, 1.54) is 5.56 Å². The molecule has 4 nitrogen and oxygen atoms in total. The highest BCUT2D eigenvalue weighted by Gasteiger charge is 2.34. The SMILES string of the molecule is Cc1c(Cl)cnc(NC(=S)NCC2(c3cccc(Cl)c3)CCOCC2)c1Br. The molecule has 0 aliphatic carbocycles. The van der Waals surface area contributed by atoms with Gasteiger partial charge in [0.2, 0.25) is 0 Å². The van der Waals surface area contributed by atoms with E-state index >= 15 is 0 Å². The largest absolute Gasteiger partial charge is 0.381 e. The minimum Gasteiger partial charge on any atom is -0.381 e. The van der Waals surface area contributed by atoms with Crippen LogP contribution in [-0.2, 0) is 10.2 Å². The molecule has 0 unspecified atom stereocenters. The average molecular weight is 489 g/mol. The van der Waals surface area contributed by atoms with Crippen molar-refractivity contribution in [2.45, 2.75) is 25.2 Å². The molecule has 2 heterocycles. The zero-order valence-electron chi connectivity index (χ0n) is 14.8. The van der Waals surface area contributed by atoms with Crippen molar-refractivity contribution in [2.24, 2.45) is 0 Å². The van der Waals surface area contributed by atoms with Crippen LogP contribution in [0, 0.1) is 6.92 Å². The summed E-state index contributed by atoms with van der Waals surface area (Å²) in [6, 6.07) is 8.04. The first-order valence-corrected chi connectivity index (χ1v) is 10.6. The number of nitrogens with zero attached hydrogens (tertiary/aromatic N) is 1. The number of aromatic nitrogens is 1. The third-order valence-electron chi connectivity index (χ3n) is 4.91. The summed E-state index contributed by atoms with van der Waals surface area (Å²) in [4.78, 5) is 4.31. The Morgan fingerprint density at radius 2 is 2.07 bits per heavy atom. The normalized spacial score (nSPS) is 16.0. The Morgan fingerprint density at radius 1 is 1.33 bits per heavy atom. The summed E-state index contributed by atoms with van der Waals surface area (Å²) in [5.41, 5.74) is 2.04. The Morgan fingerprint density at radius 3 is 2.78 bits per heavy atom. The van der Waals surface area contributed by atoms with Crippen molar-refractivity contribution in [1.29, 1.82) is 0 Å². The maximum atomic E-state index is 6.23. The van der Waals surface area contributed by atoms with Crippen LogP contribution in [0.15, 0.2) is 34.9 Å². The van der Waals surface area contributed by atoms with E-state index in [1.807, 2.05) is 25.1 Å². The lowest BCUT2D eigenvalue weighted by molar-refractivity contribution is 0.0515. The van der Waals surface area contributed by atoms with Gasteiger partial charge < -0.3 is 15.4 Å². The van der Waals surface area contributed by atoms with Gasteiger partial charge in [-0.25, -0.2) is 4.98 Å². The van der Waals surface area contributed by atoms with Crippen LogP contribution in [0.5, 0.6) is 0 Å². The molecule has 3 rings (SSSR count). The number of thiocarbonyl (C=S) groups is 1. The van der Waals surface area contributed by atoms with Crippen LogP contribution in [0.25, 0.3) is 0 Å². The molecule has 0 bridgehead atoms. The van der Waals surface area contributed by atoms with Crippen LogP contribution in [0.3, 0.4) is 0 Å². The van der Waals surface area contributed by atoms with E-state index in [9.17, 15) is 0 Å². The van der Waals surface area contributed by atoms with Crippen molar-refractivity contribution in [3.8, 4) is 0 Å². The second kappa shape index (κ2) is 9.05. The van der Waals surface area contributed by atoms with E-state index in [0.29, 0.717) is 22.5 Å². The van der Waals surface area contributed by atoms with Crippen LogP contribution in [0.1, 0.15) is 24.0 Å². The number of halogens is 3. The lowest BCUT2D eigenvalue weighted by Crippen LogP contribution is -2.45. The van der Waals surface area contributed by atoms with E-state index in [1.54, 1.807) is 6.20 Å². The minimum absolute atomic E-state index is 0.0739. The second-order valence-corrected chi connectivity index (χ2v) is 8.65. The number of anilines is 1. The molecule has 1 aromatic carbocycles. The molecule has 2 N–H and O–H groups in total. The van der Waals surface area contributed by atoms with E-state index in [2.05, 4.69) is 37.6 Å². The molecule has 0 atom stereocenters. The predicted molar refractivity (Wildman–Crippen MR) is 119 cm³/mol. The molecule has 1 aliphatic heterocycles. The van der Waals surface area contributed by atoms with E-state index in [0.717, 1.165) is 41.1 Å². The first kappa shape index (κ1) is 20.8. The number of nitrogens with one attached hydrogen (secondary N) is 2. The van der Waals surface area contributed by atoms with Gasteiger partial charge in [-0.2, -0.15) is 0 Å². The molecule has 2 aromatic rings. The summed E-state index contributed by atoms with van der Waals surface area (Å²) in [5, 5.41) is 8.35. The Labute approximate surface area is 183 Å². The summed E-state index contributed by atoms with van der Waals surface area (Å²) >= 11 is 21.3. The third kappa shape index (κ3) is 4.93. The molecule has 1 fully saturated rings. The second-order valence-electron chi connectivity index (χ2n) is 6.60. The Bertz CT molecular complexity index is 844. The number of hydrogen-bond donors (Lipinski definition) is 2. The predicted octanol–water partition coefficient (Wildman–Crippen LogP) is 5.49. The zero-order chi connectivity index (χ0) is 19.4. The highest BCUT2D eigenvalue weighted by Crippen LogP contribution is 2.35. The molecular weight excluding hydrogens is 469 g/mol. The Hall–Kier alpha value is -0.920. The average Bonchev–Trinajstić information content (AvgIpc) is 2.68. The molecule has 0 saturated carbocycles.